The van der Waals surface area contributed by atoms with Gasteiger partial charge in [0, 0.05) is 6.42 Å². The SMILES string of the molecule is CC(C)OC(=O)CC[C@@H](C)[C@H]1CCC2C3CCC4C[C@H](O)CC[C@]4(C)C3C[C@H](O)[C@@]21C. The molecule has 4 heteroatoms. The summed E-state index contributed by atoms with van der Waals surface area (Å²) in [5.41, 5.74) is 0.259. The summed E-state index contributed by atoms with van der Waals surface area (Å²) in [5, 5.41) is 21.9. The van der Waals surface area contributed by atoms with E-state index in [1.165, 1.54) is 25.7 Å². The minimum Gasteiger partial charge on any atom is -0.463 e. The van der Waals surface area contributed by atoms with Gasteiger partial charge >= 0.3 is 5.97 Å². The van der Waals surface area contributed by atoms with Crippen molar-refractivity contribution in [3.8, 4) is 0 Å². The molecule has 4 nitrogen and oxygen atoms in total. The Morgan fingerprint density at radius 3 is 2.45 bits per heavy atom. The van der Waals surface area contributed by atoms with Gasteiger partial charge in [0.2, 0.25) is 0 Å². The van der Waals surface area contributed by atoms with Crippen molar-refractivity contribution in [2.24, 2.45) is 46.3 Å². The van der Waals surface area contributed by atoms with Gasteiger partial charge in [-0.1, -0.05) is 20.8 Å². The number of rotatable bonds is 5. The zero-order chi connectivity index (χ0) is 22.6. The van der Waals surface area contributed by atoms with Crippen LogP contribution in [0.3, 0.4) is 0 Å². The van der Waals surface area contributed by atoms with E-state index >= 15 is 0 Å². The highest BCUT2D eigenvalue weighted by molar-refractivity contribution is 5.69. The van der Waals surface area contributed by atoms with Gasteiger partial charge in [-0.2, -0.15) is 0 Å². The summed E-state index contributed by atoms with van der Waals surface area (Å²) in [4.78, 5) is 12.1. The third kappa shape index (κ3) is 3.98. The fraction of sp³-hybridized carbons (Fsp3) is 0.963. The van der Waals surface area contributed by atoms with E-state index in [9.17, 15) is 15.0 Å². The molecule has 10 atom stereocenters. The number of carbonyl (C=O) groups is 1. The van der Waals surface area contributed by atoms with Crippen LogP contribution in [0.1, 0.15) is 98.8 Å². The van der Waals surface area contributed by atoms with Crippen molar-refractivity contribution >= 4 is 5.97 Å². The van der Waals surface area contributed by atoms with Crippen LogP contribution in [0.4, 0.5) is 0 Å². The summed E-state index contributed by atoms with van der Waals surface area (Å²) in [5.74, 6) is 3.36. The predicted octanol–water partition coefficient (Wildman–Crippen LogP) is 5.34. The van der Waals surface area contributed by atoms with E-state index in [1.54, 1.807) is 0 Å². The highest BCUT2D eigenvalue weighted by Crippen LogP contribution is 2.68. The van der Waals surface area contributed by atoms with Gasteiger partial charge in [0.15, 0.2) is 0 Å². The van der Waals surface area contributed by atoms with E-state index in [2.05, 4.69) is 20.8 Å². The topological polar surface area (TPSA) is 66.8 Å². The van der Waals surface area contributed by atoms with E-state index in [0.717, 1.165) is 32.1 Å². The van der Waals surface area contributed by atoms with Crippen molar-refractivity contribution in [2.45, 2.75) is 117 Å². The quantitative estimate of drug-likeness (QED) is 0.573. The van der Waals surface area contributed by atoms with Gasteiger partial charge in [-0.3, -0.25) is 4.79 Å². The molecule has 0 aromatic rings. The number of hydrogen-bond acceptors (Lipinski definition) is 4. The van der Waals surface area contributed by atoms with Crippen molar-refractivity contribution in [1.82, 2.24) is 0 Å². The molecular weight excluding hydrogens is 388 g/mol. The third-order valence-corrected chi connectivity index (χ3v) is 10.7. The maximum absolute atomic E-state index is 12.1. The average molecular weight is 435 g/mol. The van der Waals surface area contributed by atoms with Crippen molar-refractivity contribution < 1.29 is 19.7 Å². The third-order valence-electron chi connectivity index (χ3n) is 10.7. The van der Waals surface area contributed by atoms with Crippen LogP contribution in [0, 0.1) is 46.3 Å². The van der Waals surface area contributed by atoms with Gasteiger partial charge in [0.05, 0.1) is 18.3 Å². The average Bonchev–Trinajstić information content (AvgIpc) is 3.06. The molecule has 0 heterocycles. The molecule has 0 aromatic heterocycles. The Labute approximate surface area is 189 Å². The lowest BCUT2D eigenvalue weighted by atomic mass is 9.43. The summed E-state index contributed by atoms with van der Waals surface area (Å²) in [6, 6.07) is 0. The smallest absolute Gasteiger partial charge is 0.306 e. The van der Waals surface area contributed by atoms with Gasteiger partial charge in [0.25, 0.3) is 0 Å². The first kappa shape index (κ1) is 23.5. The first-order chi connectivity index (χ1) is 14.6. The minimum absolute atomic E-state index is 0.0279. The van der Waals surface area contributed by atoms with E-state index < -0.39 is 0 Å². The van der Waals surface area contributed by atoms with Crippen LogP contribution < -0.4 is 0 Å². The Morgan fingerprint density at radius 1 is 1.00 bits per heavy atom. The highest BCUT2D eigenvalue weighted by Gasteiger charge is 2.63. The minimum atomic E-state index is -0.251. The predicted molar refractivity (Wildman–Crippen MR) is 122 cm³/mol. The molecule has 0 saturated heterocycles. The fourth-order valence-electron chi connectivity index (χ4n) is 9.03. The van der Waals surface area contributed by atoms with Gasteiger partial charge < -0.3 is 14.9 Å². The van der Waals surface area contributed by atoms with Crippen molar-refractivity contribution in [2.75, 3.05) is 0 Å². The second-order valence-electron chi connectivity index (χ2n) is 12.4. The molecule has 4 fully saturated rings. The van der Waals surface area contributed by atoms with E-state index in [0.29, 0.717) is 41.9 Å². The summed E-state index contributed by atoms with van der Waals surface area (Å²) in [7, 11) is 0. The zero-order valence-electron chi connectivity index (χ0n) is 20.5. The zero-order valence-corrected chi connectivity index (χ0v) is 20.5. The maximum Gasteiger partial charge on any atom is 0.306 e. The standard InChI is InChI=1S/C27H46O4/c1-16(2)31-25(30)11-6-17(3)21-9-10-22-20-8-7-18-14-19(28)12-13-26(18,4)23(20)15-24(29)27(21,22)5/h16-24,28-29H,6-15H2,1-5H3/t17-,18?,19-,20?,21-,22?,23?,24+,26+,27-/m1/s1. The Kier molecular flexibility index (Phi) is 6.55. The lowest BCUT2D eigenvalue weighted by Crippen LogP contribution is -2.58. The van der Waals surface area contributed by atoms with Crippen LogP contribution in [0.2, 0.25) is 0 Å². The normalized spacial score (nSPS) is 47.9. The Bertz CT molecular complexity index is 662. The maximum atomic E-state index is 12.1. The number of fused-ring (bicyclic) bond motifs is 5. The first-order valence-corrected chi connectivity index (χ1v) is 13.1. The fourth-order valence-corrected chi connectivity index (χ4v) is 9.03. The van der Waals surface area contributed by atoms with E-state index in [4.69, 9.17) is 4.74 Å². The molecule has 0 radical (unpaired) electrons. The molecule has 31 heavy (non-hydrogen) atoms. The number of carbonyl (C=O) groups excluding carboxylic acids is 1. The van der Waals surface area contributed by atoms with Gasteiger partial charge in [-0.15, -0.1) is 0 Å². The summed E-state index contributed by atoms with van der Waals surface area (Å²) >= 11 is 0. The summed E-state index contributed by atoms with van der Waals surface area (Å²) in [6.07, 6.45) is 9.79. The Hall–Kier alpha value is -0.610. The van der Waals surface area contributed by atoms with Crippen LogP contribution in [-0.2, 0) is 9.53 Å². The molecule has 4 aliphatic rings. The first-order valence-electron chi connectivity index (χ1n) is 13.1. The number of esters is 1. The van der Waals surface area contributed by atoms with Crippen LogP contribution in [0.5, 0.6) is 0 Å². The van der Waals surface area contributed by atoms with Crippen molar-refractivity contribution in [3.05, 3.63) is 0 Å². The summed E-state index contributed by atoms with van der Waals surface area (Å²) < 4.78 is 5.35. The van der Waals surface area contributed by atoms with Crippen LogP contribution in [0.15, 0.2) is 0 Å². The number of aliphatic hydroxyl groups excluding tert-OH is 2. The molecule has 0 aromatic carbocycles. The Morgan fingerprint density at radius 2 is 1.74 bits per heavy atom. The monoisotopic (exact) mass is 434 g/mol. The molecule has 0 amide bonds. The van der Waals surface area contributed by atoms with Crippen LogP contribution in [0.25, 0.3) is 0 Å². The molecular formula is C27H46O4. The molecule has 0 aliphatic heterocycles. The highest BCUT2D eigenvalue weighted by atomic mass is 16.5. The second-order valence-corrected chi connectivity index (χ2v) is 12.4. The van der Waals surface area contributed by atoms with Crippen molar-refractivity contribution in [1.29, 1.82) is 0 Å². The number of hydrogen-bond donors (Lipinski definition) is 2. The molecule has 4 unspecified atom stereocenters. The number of aliphatic hydroxyl groups is 2. The van der Waals surface area contributed by atoms with Crippen molar-refractivity contribution in [3.63, 3.8) is 0 Å². The summed E-state index contributed by atoms with van der Waals surface area (Å²) in [6.45, 7) is 11.0. The molecule has 2 N–H and O–H groups in total. The lowest BCUT2D eigenvalue weighted by Gasteiger charge is -2.62. The van der Waals surface area contributed by atoms with Crippen LogP contribution >= 0.6 is 0 Å². The van der Waals surface area contributed by atoms with E-state index in [-0.39, 0.29) is 35.1 Å². The largest absolute Gasteiger partial charge is 0.463 e. The lowest BCUT2D eigenvalue weighted by molar-refractivity contribution is -0.175. The van der Waals surface area contributed by atoms with Gasteiger partial charge in [-0.25, -0.2) is 0 Å². The van der Waals surface area contributed by atoms with Gasteiger partial charge in [0.1, 0.15) is 0 Å². The van der Waals surface area contributed by atoms with E-state index in [1.807, 2.05) is 13.8 Å². The molecule has 178 valence electrons. The molecule has 4 aliphatic carbocycles. The second kappa shape index (κ2) is 8.63. The molecule has 4 saturated carbocycles. The Balaban J connectivity index is 1.48. The van der Waals surface area contributed by atoms with Gasteiger partial charge in [-0.05, 0) is 118 Å². The molecule has 0 spiro atoms. The number of ether oxygens (including phenoxy) is 1. The van der Waals surface area contributed by atoms with Crippen LogP contribution in [-0.4, -0.2) is 34.5 Å². The molecule has 4 rings (SSSR count). The molecule has 0 bridgehead atoms.